The fourth-order valence-electron chi connectivity index (χ4n) is 3.10. The summed E-state index contributed by atoms with van der Waals surface area (Å²) in [6.07, 6.45) is -0.985. The van der Waals surface area contributed by atoms with Gasteiger partial charge in [0.05, 0.1) is 10.5 Å². The van der Waals surface area contributed by atoms with Crippen LogP contribution in [0.2, 0.25) is 0 Å². The summed E-state index contributed by atoms with van der Waals surface area (Å²) in [4.78, 5) is 26.6. The summed E-state index contributed by atoms with van der Waals surface area (Å²) in [5.74, 6) is -1.52. The molecule has 9 heteroatoms. The first-order chi connectivity index (χ1) is 14.4. The number of nitrogens with zero attached hydrogens (tertiary/aromatic N) is 1. The van der Waals surface area contributed by atoms with E-state index >= 15 is 0 Å². The highest BCUT2D eigenvalue weighted by Crippen LogP contribution is 2.18. The molecule has 2 aromatic carbocycles. The van der Waals surface area contributed by atoms with Crippen molar-refractivity contribution in [2.24, 2.45) is 0 Å². The van der Waals surface area contributed by atoms with Crippen molar-refractivity contribution in [3.05, 3.63) is 59.9 Å². The second kappa shape index (κ2) is 9.91. The number of esters is 1. The van der Waals surface area contributed by atoms with Crippen molar-refractivity contribution in [1.82, 2.24) is 4.90 Å². The Morgan fingerprint density at radius 2 is 1.42 bits per heavy atom. The third kappa shape index (κ3) is 6.27. The van der Waals surface area contributed by atoms with Crippen molar-refractivity contribution in [3.63, 3.8) is 0 Å². The van der Waals surface area contributed by atoms with Crippen molar-refractivity contribution in [2.75, 3.05) is 4.72 Å². The third-order valence-corrected chi connectivity index (χ3v) is 5.89. The second-order valence-electron chi connectivity index (χ2n) is 7.62. The second-order valence-corrected chi connectivity index (χ2v) is 9.30. The SMILES string of the molecule is CC(OC(=O)c1ccc(S(=O)(=O)Nc2ccc(F)cc2)cc1)C(=O)N(C(C)C)C(C)C. The maximum absolute atomic E-state index is 13.0. The van der Waals surface area contributed by atoms with Crippen LogP contribution in [0, 0.1) is 5.82 Å². The average Bonchev–Trinajstić information content (AvgIpc) is 2.69. The van der Waals surface area contributed by atoms with E-state index in [0.717, 1.165) is 12.1 Å². The number of carbonyl (C=O) groups is 2. The standard InChI is InChI=1S/C22H27FN2O5S/c1-14(2)25(15(3)4)21(26)16(5)30-22(27)17-6-12-20(13-7-17)31(28,29)24-19-10-8-18(23)9-11-19/h6-16,24H,1-5H3. The minimum atomic E-state index is -3.92. The highest BCUT2D eigenvalue weighted by molar-refractivity contribution is 7.92. The van der Waals surface area contributed by atoms with Crippen LogP contribution < -0.4 is 4.72 Å². The number of nitrogens with one attached hydrogen (secondary N) is 1. The Labute approximate surface area is 182 Å². The maximum atomic E-state index is 13.0. The monoisotopic (exact) mass is 450 g/mol. The number of hydrogen-bond donors (Lipinski definition) is 1. The fraction of sp³-hybridized carbons (Fsp3) is 0.364. The number of amides is 1. The lowest BCUT2D eigenvalue weighted by Crippen LogP contribution is -2.47. The molecule has 2 aromatic rings. The topological polar surface area (TPSA) is 92.8 Å². The van der Waals surface area contributed by atoms with Crippen LogP contribution in [0.25, 0.3) is 0 Å². The molecule has 0 fully saturated rings. The van der Waals surface area contributed by atoms with Gasteiger partial charge in [-0.2, -0.15) is 0 Å². The summed E-state index contributed by atoms with van der Waals surface area (Å²) in [7, 11) is -3.92. The fourth-order valence-corrected chi connectivity index (χ4v) is 4.15. The molecule has 0 saturated carbocycles. The van der Waals surface area contributed by atoms with Crippen molar-refractivity contribution in [1.29, 1.82) is 0 Å². The van der Waals surface area contributed by atoms with E-state index in [2.05, 4.69) is 4.72 Å². The zero-order valence-corrected chi connectivity index (χ0v) is 18.9. The molecule has 0 aliphatic rings. The number of rotatable bonds is 8. The van der Waals surface area contributed by atoms with Crippen molar-refractivity contribution < 1.29 is 27.1 Å². The van der Waals surface area contributed by atoms with Crippen LogP contribution in [0.3, 0.4) is 0 Å². The van der Waals surface area contributed by atoms with Gasteiger partial charge in [0.2, 0.25) is 0 Å². The van der Waals surface area contributed by atoms with E-state index in [9.17, 15) is 22.4 Å². The molecule has 2 rings (SSSR count). The van der Waals surface area contributed by atoms with Crippen molar-refractivity contribution in [3.8, 4) is 0 Å². The Morgan fingerprint density at radius 3 is 1.90 bits per heavy atom. The predicted octanol–water partition coefficient (Wildman–Crippen LogP) is 3.82. The summed E-state index contributed by atoms with van der Waals surface area (Å²) >= 11 is 0. The number of hydrogen-bond acceptors (Lipinski definition) is 5. The van der Waals surface area contributed by atoms with Gasteiger partial charge >= 0.3 is 5.97 Å². The van der Waals surface area contributed by atoms with E-state index in [1.807, 2.05) is 27.7 Å². The summed E-state index contributed by atoms with van der Waals surface area (Å²) in [6, 6.07) is 9.90. The molecule has 0 radical (unpaired) electrons. The van der Waals surface area contributed by atoms with Gasteiger partial charge in [0.25, 0.3) is 15.9 Å². The Balaban J connectivity index is 2.09. The summed E-state index contributed by atoms with van der Waals surface area (Å²) in [5.41, 5.74) is 0.318. The largest absolute Gasteiger partial charge is 0.449 e. The molecular weight excluding hydrogens is 423 g/mol. The molecule has 1 atom stereocenters. The summed E-state index contributed by atoms with van der Waals surface area (Å²) < 4.78 is 45.5. The highest BCUT2D eigenvalue weighted by Gasteiger charge is 2.28. The van der Waals surface area contributed by atoms with Gasteiger partial charge in [-0.25, -0.2) is 17.6 Å². The molecule has 1 amide bonds. The van der Waals surface area contributed by atoms with Crippen LogP contribution in [0.4, 0.5) is 10.1 Å². The van der Waals surface area contributed by atoms with Gasteiger partial charge in [-0.05, 0) is 83.1 Å². The van der Waals surface area contributed by atoms with E-state index < -0.39 is 27.9 Å². The molecule has 31 heavy (non-hydrogen) atoms. The highest BCUT2D eigenvalue weighted by atomic mass is 32.2. The minimum Gasteiger partial charge on any atom is -0.449 e. The molecule has 0 aliphatic heterocycles. The third-order valence-electron chi connectivity index (χ3n) is 4.50. The van der Waals surface area contributed by atoms with Gasteiger partial charge in [0.1, 0.15) is 5.82 Å². The molecule has 0 aromatic heterocycles. The van der Waals surface area contributed by atoms with Crippen LogP contribution in [0.15, 0.2) is 53.4 Å². The van der Waals surface area contributed by atoms with Gasteiger partial charge in [-0.1, -0.05) is 0 Å². The molecule has 1 unspecified atom stereocenters. The maximum Gasteiger partial charge on any atom is 0.338 e. The Kier molecular flexibility index (Phi) is 7.78. The molecule has 0 spiro atoms. The lowest BCUT2D eigenvalue weighted by Gasteiger charge is -2.32. The molecular formula is C22H27FN2O5S. The Bertz CT molecular complexity index is 1010. The van der Waals surface area contributed by atoms with Gasteiger partial charge in [-0.15, -0.1) is 0 Å². The number of benzene rings is 2. The number of anilines is 1. The van der Waals surface area contributed by atoms with Crippen molar-refractivity contribution in [2.45, 2.75) is 57.7 Å². The zero-order valence-electron chi connectivity index (χ0n) is 18.1. The van der Waals surface area contributed by atoms with Gasteiger partial charge in [0, 0.05) is 17.8 Å². The quantitative estimate of drug-likeness (QED) is 0.617. The van der Waals surface area contributed by atoms with Crippen LogP contribution in [0.1, 0.15) is 45.0 Å². The van der Waals surface area contributed by atoms with Crippen LogP contribution in [0.5, 0.6) is 0 Å². The molecule has 0 saturated heterocycles. The van der Waals surface area contributed by atoms with Crippen LogP contribution in [-0.4, -0.2) is 43.4 Å². The molecule has 0 heterocycles. The molecule has 0 bridgehead atoms. The lowest BCUT2D eigenvalue weighted by molar-refractivity contribution is -0.143. The number of ether oxygens (including phenoxy) is 1. The number of carbonyl (C=O) groups excluding carboxylic acids is 2. The predicted molar refractivity (Wildman–Crippen MR) is 116 cm³/mol. The van der Waals surface area contributed by atoms with Gasteiger partial charge in [-0.3, -0.25) is 9.52 Å². The van der Waals surface area contributed by atoms with E-state index in [1.54, 1.807) is 4.90 Å². The first kappa shape index (κ1) is 24.3. The van der Waals surface area contributed by atoms with E-state index in [0.29, 0.717) is 0 Å². The van der Waals surface area contributed by atoms with Gasteiger partial charge in [0.15, 0.2) is 6.10 Å². The number of sulfonamides is 1. The van der Waals surface area contributed by atoms with Crippen molar-refractivity contribution >= 4 is 27.6 Å². The van der Waals surface area contributed by atoms with E-state index in [1.165, 1.54) is 43.3 Å². The normalized spacial score (nSPS) is 12.5. The minimum absolute atomic E-state index is 0.0493. The van der Waals surface area contributed by atoms with Crippen LogP contribution >= 0.6 is 0 Å². The molecule has 0 aliphatic carbocycles. The van der Waals surface area contributed by atoms with E-state index in [4.69, 9.17) is 4.74 Å². The number of halogens is 1. The molecule has 1 N–H and O–H groups in total. The molecule has 7 nitrogen and oxygen atoms in total. The lowest BCUT2D eigenvalue weighted by atomic mass is 10.2. The zero-order chi connectivity index (χ0) is 23.3. The van der Waals surface area contributed by atoms with E-state index in [-0.39, 0.29) is 34.1 Å². The Hall–Kier alpha value is -2.94. The first-order valence-corrected chi connectivity index (χ1v) is 11.3. The molecule has 168 valence electrons. The summed E-state index contributed by atoms with van der Waals surface area (Å²) in [6.45, 7) is 9.03. The average molecular weight is 451 g/mol. The summed E-state index contributed by atoms with van der Waals surface area (Å²) in [5, 5.41) is 0. The smallest absolute Gasteiger partial charge is 0.338 e. The van der Waals surface area contributed by atoms with Crippen LogP contribution in [-0.2, 0) is 19.6 Å². The first-order valence-electron chi connectivity index (χ1n) is 9.84. The Morgan fingerprint density at radius 1 is 0.903 bits per heavy atom. The van der Waals surface area contributed by atoms with Gasteiger partial charge < -0.3 is 9.64 Å².